The van der Waals surface area contributed by atoms with Gasteiger partial charge in [-0.1, -0.05) is 0 Å². The molecule has 3 unspecified atom stereocenters. The van der Waals surface area contributed by atoms with Crippen molar-refractivity contribution in [1.29, 1.82) is 0 Å². The number of benzene rings is 1. The fourth-order valence-corrected chi connectivity index (χ4v) is 4.90. The molecule has 1 fully saturated rings. The Labute approximate surface area is 233 Å². The van der Waals surface area contributed by atoms with Gasteiger partial charge in [0.05, 0.1) is 24.5 Å². The molecule has 1 aromatic carbocycles. The summed E-state index contributed by atoms with van der Waals surface area (Å²) in [7, 11) is 3.37. The normalized spacial score (nSPS) is 22.1. The lowest BCUT2D eigenvalue weighted by atomic mass is 10.0. The SMILES string of the molecule is CC(C(=O)Nc1cc(F)c2c(c1F)CC(F)(CNCCC1CN(c3cnc4c(n3)NC(=O)CO4)C(=O)O1)C2)N(C)C. The van der Waals surface area contributed by atoms with Gasteiger partial charge < -0.3 is 25.4 Å². The van der Waals surface area contributed by atoms with Gasteiger partial charge in [-0.25, -0.2) is 27.9 Å². The quantitative estimate of drug-likeness (QED) is 0.381. The molecule has 3 aliphatic rings. The summed E-state index contributed by atoms with van der Waals surface area (Å²) in [5, 5.41) is 7.88. The van der Waals surface area contributed by atoms with Gasteiger partial charge in [0.1, 0.15) is 17.6 Å². The largest absolute Gasteiger partial charge is 0.465 e. The van der Waals surface area contributed by atoms with Crippen LogP contribution in [0, 0.1) is 11.6 Å². The Kier molecular flexibility index (Phi) is 7.74. The van der Waals surface area contributed by atoms with Gasteiger partial charge in [0.15, 0.2) is 24.1 Å². The van der Waals surface area contributed by atoms with E-state index in [-0.39, 0.29) is 79.3 Å². The zero-order valence-corrected chi connectivity index (χ0v) is 22.7. The van der Waals surface area contributed by atoms with Crippen LogP contribution in [0.5, 0.6) is 5.88 Å². The molecule has 2 aliphatic heterocycles. The van der Waals surface area contributed by atoms with Crippen molar-refractivity contribution in [2.24, 2.45) is 0 Å². The van der Waals surface area contributed by atoms with Gasteiger partial charge in [-0.3, -0.25) is 19.4 Å². The molecule has 41 heavy (non-hydrogen) atoms. The first-order chi connectivity index (χ1) is 19.4. The number of hydrogen-bond donors (Lipinski definition) is 3. The Hall–Kier alpha value is -3.98. The number of carbonyl (C=O) groups excluding carboxylic acids is 3. The van der Waals surface area contributed by atoms with Crippen molar-refractivity contribution < 1.29 is 37.0 Å². The van der Waals surface area contributed by atoms with E-state index in [1.165, 1.54) is 11.1 Å². The number of anilines is 3. The molecule has 1 aliphatic carbocycles. The minimum absolute atomic E-state index is 0.0430. The second-order valence-electron chi connectivity index (χ2n) is 10.6. The highest BCUT2D eigenvalue weighted by molar-refractivity contribution is 5.95. The summed E-state index contributed by atoms with van der Waals surface area (Å²) in [6.45, 7) is 1.69. The van der Waals surface area contributed by atoms with Crippen molar-refractivity contribution in [2.45, 2.75) is 44.0 Å². The summed E-state index contributed by atoms with van der Waals surface area (Å²) in [6.07, 6.45) is -0.166. The maximum absolute atomic E-state index is 15.7. The summed E-state index contributed by atoms with van der Waals surface area (Å²) >= 11 is 0. The Morgan fingerprint density at radius 1 is 1.29 bits per heavy atom. The predicted molar refractivity (Wildman–Crippen MR) is 141 cm³/mol. The van der Waals surface area contributed by atoms with E-state index in [0.29, 0.717) is 6.42 Å². The molecule has 0 bridgehead atoms. The Morgan fingerprint density at radius 3 is 2.80 bits per heavy atom. The highest BCUT2D eigenvalue weighted by atomic mass is 19.1. The van der Waals surface area contributed by atoms with Crippen molar-refractivity contribution in [3.8, 4) is 5.88 Å². The van der Waals surface area contributed by atoms with E-state index in [1.807, 2.05) is 0 Å². The molecule has 3 amide bonds. The number of fused-ring (bicyclic) bond motifs is 2. The molecular formula is C26H30F3N7O5. The molecule has 15 heteroatoms. The molecule has 3 heterocycles. The zero-order chi connectivity index (χ0) is 29.5. The smallest absolute Gasteiger partial charge is 0.415 e. The van der Waals surface area contributed by atoms with Crippen LogP contribution in [0.3, 0.4) is 0 Å². The molecule has 1 saturated heterocycles. The number of carbonyl (C=O) groups is 3. The van der Waals surface area contributed by atoms with E-state index in [1.54, 1.807) is 25.9 Å². The van der Waals surface area contributed by atoms with E-state index in [2.05, 4.69) is 25.9 Å². The van der Waals surface area contributed by atoms with Crippen molar-refractivity contribution in [3.63, 3.8) is 0 Å². The van der Waals surface area contributed by atoms with Gasteiger partial charge in [0, 0.05) is 25.5 Å². The van der Waals surface area contributed by atoms with Gasteiger partial charge in [-0.2, -0.15) is 0 Å². The number of nitrogens with zero attached hydrogens (tertiary/aromatic N) is 4. The van der Waals surface area contributed by atoms with Crippen LogP contribution < -0.4 is 25.6 Å². The van der Waals surface area contributed by atoms with Crippen molar-refractivity contribution >= 4 is 35.2 Å². The van der Waals surface area contributed by atoms with Crippen LogP contribution in [0.1, 0.15) is 24.5 Å². The van der Waals surface area contributed by atoms with Gasteiger partial charge in [-0.15, -0.1) is 0 Å². The third-order valence-corrected chi connectivity index (χ3v) is 7.38. The molecule has 3 atom stereocenters. The second-order valence-corrected chi connectivity index (χ2v) is 10.6. The summed E-state index contributed by atoms with van der Waals surface area (Å²) in [4.78, 5) is 47.4. The van der Waals surface area contributed by atoms with Crippen LogP contribution in [0.25, 0.3) is 0 Å². The number of aromatic nitrogens is 2. The van der Waals surface area contributed by atoms with E-state index >= 15 is 8.78 Å². The minimum atomic E-state index is -1.94. The van der Waals surface area contributed by atoms with E-state index in [0.717, 1.165) is 6.07 Å². The Bertz CT molecular complexity index is 1390. The van der Waals surface area contributed by atoms with Crippen LogP contribution in [0.4, 0.5) is 35.3 Å². The summed E-state index contributed by atoms with van der Waals surface area (Å²) in [6, 6.07) is 0.311. The predicted octanol–water partition coefficient (Wildman–Crippen LogP) is 1.79. The lowest BCUT2D eigenvalue weighted by molar-refractivity contribution is -0.120. The monoisotopic (exact) mass is 577 g/mol. The number of rotatable bonds is 9. The number of amides is 3. The minimum Gasteiger partial charge on any atom is -0.465 e. The van der Waals surface area contributed by atoms with Crippen LogP contribution in [-0.4, -0.2) is 90.9 Å². The molecular weight excluding hydrogens is 547 g/mol. The van der Waals surface area contributed by atoms with Crippen molar-refractivity contribution in [2.75, 3.05) is 55.9 Å². The molecule has 0 spiro atoms. The average Bonchev–Trinajstić information content (AvgIpc) is 3.48. The number of hydrogen-bond acceptors (Lipinski definition) is 9. The van der Waals surface area contributed by atoms with E-state index in [9.17, 15) is 18.8 Å². The molecule has 220 valence electrons. The van der Waals surface area contributed by atoms with Gasteiger partial charge in [0.2, 0.25) is 5.91 Å². The van der Waals surface area contributed by atoms with Crippen LogP contribution in [-0.2, 0) is 27.2 Å². The Balaban J connectivity index is 1.14. The van der Waals surface area contributed by atoms with Gasteiger partial charge >= 0.3 is 6.09 Å². The molecule has 0 saturated carbocycles. The lowest BCUT2D eigenvalue weighted by Gasteiger charge is -2.20. The summed E-state index contributed by atoms with van der Waals surface area (Å²) in [5.41, 5.74) is -2.38. The first-order valence-electron chi connectivity index (χ1n) is 13.1. The molecule has 0 radical (unpaired) electrons. The molecule has 1 aromatic heterocycles. The van der Waals surface area contributed by atoms with Gasteiger partial charge in [0.25, 0.3) is 11.8 Å². The second kappa shape index (κ2) is 11.1. The zero-order valence-electron chi connectivity index (χ0n) is 22.7. The first-order valence-corrected chi connectivity index (χ1v) is 13.1. The maximum Gasteiger partial charge on any atom is 0.415 e. The molecule has 3 N–H and O–H groups in total. The Morgan fingerprint density at radius 2 is 2.05 bits per heavy atom. The number of likely N-dealkylation sites (N-methyl/N-ethyl adjacent to an activating group) is 1. The average molecular weight is 578 g/mol. The van der Waals surface area contributed by atoms with Crippen LogP contribution in [0.2, 0.25) is 0 Å². The number of alkyl halides is 1. The van der Waals surface area contributed by atoms with Crippen LogP contribution >= 0.6 is 0 Å². The summed E-state index contributed by atoms with van der Waals surface area (Å²) in [5.74, 6) is -2.08. The van der Waals surface area contributed by atoms with E-state index in [4.69, 9.17) is 9.47 Å². The number of halogens is 3. The lowest BCUT2D eigenvalue weighted by Crippen LogP contribution is -2.38. The van der Waals surface area contributed by atoms with E-state index < -0.39 is 41.4 Å². The van der Waals surface area contributed by atoms with Crippen molar-refractivity contribution in [1.82, 2.24) is 20.2 Å². The maximum atomic E-state index is 15.7. The third-order valence-electron chi connectivity index (χ3n) is 7.38. The fraction of sp³-hybridized carbons (Fsp3) is 0.500. The molecule has 12 nitrogen and oxygen atoms in total. The third kappa shape index (κ3) is 5.91. The highest BCUT2D eigenvalue weighted by Crippen LogP contribution is 2.38. The standard InChI is InChI=1S/C26H30F3N7O5/c1-13(35(2)3)23(38)32-18-6-17(27)15-7-26(29,8-16(15)21(18)28)12-30-5-4-14-10-36(25(39)41-14)19-9-31-24-22(33-19)34-20(37)11-40-24/h6,9,13-14,30H,4-5,7-8,10-12H2,1-3H3,(H,32,38)(H,33,34,37). The number of ether oxygens (including phenoxy) is 2. The molecule has 2 aromatic rings. The number of cyclic esters (lactones) is 1. The first kappa shape index (κ1) is 28.5. The van der Waals surface area contributed by atoms with Crippen LogP contribution in [0.15, 0.2) is 12.3 Å². The van der Waals surface area contributed by atoms with Crippen molar-refractivity contribution in [3.05, 3.63) is 35.0 Å². The molecule has 5 rings (SSSR count). The van der Waals surface area contributed by atoms with Gasteiger partial charge in [-0.05, 0) is 45.1 Å². The number of nitrogens with one attached hydrogen (secondary N) is 3. The fourth-order valence-electron chi connectivity index (χ4n) is 4.90. The highest BCUT2D eigenvalue weighted by Gasteiger charge is 2.42. The summed E-state index contributed by atoms with van der Waals surface area (Å²) < 4.78 is 56.2. The topological polar surface area (TPSA) is 138 Å².